The van der Waals surface area contributed by atoms with E-state index in [4.69, 9.17) is 0 Å². The second-order valence-corrected chi connectivity index (χ2v) is 9.52. The number of aryl methyl sites for hydroxylation is 1. The molecule has 30 heavy (non-hydrogen) atoms. The number of benzene rings is 2. The van der Waals surface area contributed by atoms with Gasteiger partial charge in [0.15, 0.2) is 0 Å². The molecule has 1 amide bonds. The highest BCUT2D eigenvalue weighted by Crippen LogP contribution is 2.26. The molecule has 0 saturated carbocycles. The SMILES string of the molecule is Cn1c(C(=O)NCc2cccc(F)c2)cc2cc(S(=O)(=O)N3CCCCC3)ccc21. The molecule has 1 aliphatic rings. The van der Waals surface area contributed by atoms with Gasteiger partial charge in [-0.3, -0.25) is 4.79 Å². The lowest BCUT2D eigenvalue weighted by Gasteiger charge is -2.25. The first-order valence-electron chi connectivity index (χ1n) is 9.98. The summed E-state index contributed by atoms with van der Waals surface area (Å²) in [5.41, 5.74) is 1.84. The number of rotatable bonds is 5. The summed E-state index contributed by atoms with van der Waals surface area (Å²) in [6.07, 6.45) is 2.81. The number of sulfonamides is 1. The maximum atomic E-state index is 13.3. The molecule has 1 aromatic heterocycles. The van der Waals surface area contributed by atoms with Crippen LogP contribution in [0.5, 0.6) is 0 Å². The molecule has 0 unspecified atom stereocenters. The molecule has 8 heteroatoms. The predicted octanol–water partition coefficient (Wildman–Crippen LogP) is 3.42. The summed E-state index contributed by atoms with van der Waals surface area (Å²) in [5, 5.41) is 3.47. The van der Waals surface area contributed by atoms with Crippen LogP contribution < -0.4 is 5.32 Å². The molecule has 0 radical (unpaired) electrons. The largest absolute Gasteiger partial charge is 0.347 e. The Labute approximate surface area is 175 Å². The predicted molar refractivity (Wildman–Crippen MR) is 113 cm³/mol. The van der Waals surface area contributed by atoms with Gasteiger partial charge < -0.3 is 9.88 Å². The molecule has 1 aliphatic heterocycles. The summed E-state index contributed by atoms with van der Waals surface area (Å²) in [4.78, 5) is 12.9. The van der Waals surface area contributed by atoms with Gasteiger partial charge in [-0.25, -0.2) is 12.8 Å². The van der Waals surface area contributed by atoms with Crippen LogP contribution in [0.1, 0.15) is 35.3 Å². The standard InChI is InChI=1S/C22H24FN3O3S/c1-25-20-9-8-19(30(28,29)26-10-3-2-4-11-26)13-17(20)14-21(25)22(27)24-15-16-6-5-7-18(23)12-16/h5-9,12-14H,2-4,10-11,15H2,1H3,(H,24,27). The molecule has 3 aromatic rings. The first-order chi connectivity index (χ1) is 14.4. The minimum Gasteiger partial charge on any atom is -0.347 e. The van der Waals surface area contributed by atoms with E-state index in [1.807, 2.05) is 0 Å². The van der Waals surface area contributed by atoms with Crippen molar-refractivity contribution in [2.24, 2.45) is 7.05 Å². The Kier molecular flexibility index (Phi) is 5.62. The van der Waals surface area contributed by atoms with Gasteiger partial charge in [0, 0.05) is 37.6 Å². The zero-order chi connectivity index (χ0) is 21.3. The van der Waals surface area contributed by atoms with Crippen LogP contribution >= 0.6 is 0 Å². The Morgan fingerprint density at radius 2 is 1.83 bits per heavy atom. The van der Waals surface area contributed by atoms with Crippen molar-refractivity contribution >= 4 is 26.8 Å². The van der Waals surface area contributed by atoms with Crippen molar-refractivity contribution in [3.8, 4) is 0 Å². The van der Waals surface area contributed by atoms with E-state index >= 15 is 0 Å². The summed E-state index contributed by atoms with van der Waals surface area (Å²) in [7, 11) is -1.78. The number of nitrogens with zero attached hydrogens (tertiary/aromatic N) is 2. The van der Waals surface area contributed by atoms with Crippen LogP contribution in [-0.4, -0.2) is 36.3 Å². The van der Waals surface area contributed by atoms with E-state index in [1.54, 1.807) is 48.0 Å². The molecular weight excluding hydrogens is 405 g/mol. The minimum atomic E-state index is -3.54. The Bertz CT molecular complexity index is 1200. The Hall–Kier alpha value is -2.71. The van der Waals surface area contributed by atoms with E-state index < -0.39 is 10.0 Å². The van der Waals surface area contributed by atoms with Crippen LogP contribution in [0.4, 0.5) is 4.39 Å². The summed E-state index contributed by atoms with van der Waals surface area (Å²) in [6, 6.07) is 12.7. The average molecular weight is 430 g/mol. The number of carbonyl (C=O) groups excluding carboxylic acids is 1. The van der Waals surface area contributed by atoms with Gasteiger partial charge in [0.05, 0.1) is 4.90 Å². The number of nitrogens with one attached hydrogen (secondary N) is 1. The average Bonchev–Trinajstić information content (AvgIpc) is 3.09. The first-order valence-corrected chi connectivity index (χ1v) is 11.4. The Morgan fingerprint density at radius 1 is 1.07 bits per heavy atom. The molecule has 6 nitrogen and oxygen atoms in total. The number of piperidine rings is 1. The monoisotopic (exact) mass is 429 g/mol. The van der Waals surface area contributed by atoms with Crippen molar-refractivity contribution in [1.82, 2.24) is 14.2 Å². The van der Waals surface area contributed by atoms with Gasteiger partial charge in [0.25, 0.3) is 5.91 Å². The number of halogens is 1. The third-order valence-corrected chi connectivity index (χ3v) is 7.44. The molecule has 0 spiro atoms. The van der Waals surface area contributed by atoms with E-state index in [0.717, 1.165) is 24.8 Å². The quantitative estimate of drug-likeness (QED) is 0.676. The number of amides is 1. The summed E-state index contributed by atoms with van der Waals surface area (Å²) in [5.74, 6) is -0.660. The third-order valence-electron chi connectivity index (χ3n) is 5.54. The van der Waals surface area contributed by atoms with Crippen molar-refractivity contribution in [2.45, 2.75) is 30.7 Å². The van der Waals surface area contributed by atoms with Crippen LogP contribution in [0.3, 0.4) is 0 Å². The van der Waals surface area contributed by atoms with Crippen LogP contribution in [0.15, 0.2) is 53.4 Å². The smallest absolute Gasteiger partial charge is 0.268 e. The molecule has 0 aliphatic carbocycles. The lowest BCUT2D eigenvalue weighted by molar-refractivity contribution is 0.0943. The van der Waals surface area contributed by atoms with Crippen LogP contribution in [0.25, 0.3) is 10.9 Å². The Morgan fingerprint density at radius 3 is 2.57 bits per heavy atom. The second kappa shape index (κ2) is 8.20. The third kappa shape index (κ3) is 3.97. The molecule has 0 bridgehead atoms. The maximum absolute atomic E-state index is 13.3. The van der Waals surface area contributed by atoms with Crippen molar-refractivity contribution < 1.29 is 17.6 Å². The number of fused-ring (bicyclic) bond motifs is 1. The fourth-order valence-corrected chi connectivity index (χ4v) is 5.43. The summed E-state index contributed by atoms with van der Waals surface area (Å²) in [6.45, 7) is 1.29. The van der Waals surface area contributed by atoms with Crippen LogP contribution in [0.2, 0.25) is 0 Å². The van der Waals surface area contributed by atoms with E-state index in [1.165, 1.54) is 16.4 Å². The number of hydrogen-bond acceptors (Lipinski definition) is 3. The van der Waals surface area contributed by atoms with Gasteiger partial charge in [0.2, 0.25) is 10.0 Å². The lowest BCUT2D eigenvalue weighted by Crippen LogP contribution is -2.35. The molecule has 1 fully saturated rings. The fourth-order valence-electron chi connectivity index (χ4n) is 3.88. The van der Waals surface area contributed by atoms with Gasteiger partial charge >= 0.3 is 0 Å². The number of carbonyl (C=O) groups is 1. The second-order valence-electron chi connectivity index (χ2n) is 7.59. The molecular formula is C22H24FN3O3S. The molecule has 1 N–H and O–H groups in total. The molecule has 158 valence electrons. The van der Waals surface area contributed by atoms with E-state index in [2.05, 4.69) is 5.32 Å². The summed E-state index contributed by atoms with van der Waals surface area (Å²) < 4.78 is 42.5. The first kappa shape index (κ1) is 20.6. The molecule has 2 heterocycles. The van der Waals surface area contributed by atoms with Crippen molar-refractivity contribution in [1.29, 1.82) is 0 Å². The highest BCUT2D eigenvalue weighted by Gasteiger charge is 2.26. The highest BCUT2D eigenvalue weighted by molar-refractivity contribution is 7.89. The van der Waals surface area contributed by atoms with Crippen molar-refractivity contribution in [3.05, 3.63) is 65.6 Å². The van der Waals surface area contributed by atoms with E-state index in [9.17, 15) is 17.6 Å². The fraction of sp³-hybridized carbons (Fsp3) is 0.318. The van der Waals surface area contributed by atoms with Crippen LogP contribution in [-0.2, 0) is 23.6 Å². The lowest BCUT2D eigenvalue weighted by atomic mass is 10.2. The zero-order valence-electron chi connectivity index (χ0n) is 16.8. The summed E-state index contributed by atoms with van der Waals surface area (Å²) >= 11 is 0. The van der Waals surface area contributed by atoms with Gasteiger partial charge in [-0.15, -0.1) is 0 Å². The van der Waals surface area contributed by atoms with Gasteiger partial charge in [-0.05, 0) is 54.8 Å². The highest BCUT2D eigenvalue weighted by atomic mass is 32.2. The molecule has 1 saturated heterocycles. The number of hydrogen-bond donors (Lipinski definition) is 1. The molecule has 0 atom stereocenters. The number of aromatic nitrogens is 1. The van der Waals surface area contributed by atoms with Gasteiger partial charge in [-0.1, -0.05) is 18.6 Å². The Balaban J connectivity index is 1.58. The van der Waals surface area contributed by atoms with Gasteiger partial charge in [-0.2, -0.15) is 4.31 Å². The van der Waals surface area contributed by atoms with E-state index in [-0.39, 0.29) is 23.2 Å². The van der Waals surface area contributed by atoms with Gasteiger partial charge in [0.1, 0.15) is 11.5 Å². The van der Waals surface area contributed by atoms with Crippen molar-refractivity contribution in [2.75, 3.05) is 13.1 Å². The van der Waals surface area contributed by atoms with Crippen LogP contribution in [0, 0.1) is 5.82 Å². The van der Waals surface area contributed by atoms with Crippen molar-refractivity contribution in [3.63, 3.8) is 0 Å². The molecule has 4 rings (SSSR count). The topological polar surface area (TPSA) is 71.4 Å². The minimum absolute atomic E-state index is 0.201. The normalized spacial score (nSPS) is 15.4. The molecule has 2 aromatic carbocycles. The zero-order valence-corrected chi connectivity index (χ0v) is 17.6. The van der Waals surface area contributed by atoms with E-state index in [0.29, 0.717) is 29.7 Å². The maximum Gasteiger partial charge on any atom is 0.268 e.